The molecule has 2 aliphatic rings. The van der Waals surface area contributed by atoms with Gasteiger partial charge in [0.15, 0.2) is 0 Å². The van der Waals surface area contributed by atoms with Crippen LogP contribution in [-0.2, 0) is 25.7 Å². The summed E-state index contributed by atoms with van der Waals surface area (Å²) < 4.78 is 0. The van der Waals surface area contributed by atoms with Crippen molar-refractivity contribution < 1.29 is 0 Å². The van der Waals surface area contributed by atoms with Gasteiger partial charge in [-0.15, -0.1) is 0 Å². The van der Waals surface area contributed by atoms with E-state index in [-0.39, 0.29) is 0 Å². The molecule has 0 saturated heterocycles. The van der Waals surface area contributed by atoms with Crippen LogP contribution < -0.4 is 21.2 Å². The molecule has 0 aromatic heterocycles. The van der Waals surface area contributed by atoms with Crippen LogP contribution in [0.2, 0.25) is 0 Å². The molecule has 0 unspecified atom stereocenters. The molecular formula is C39H51P3Se2. The fourth-order valence-electron chi connectivity index (χ4n) is 8.56. The molecular weight excluding hydrogens is 719 g/mol. The second-order valence-corrected chi connectivity index (χ2v) is 33.0. The Morgan fingerprint density at radius 2 is 0.750 bits per heavy atom. The van der Waals surface area contributed by atoms with Gasteiger partial charge in [-0.25, -0.2) is 0 Å². The van der Waals surface area contributed by atoms with Crippen molar-refractivity contribution in [3.63, 3.8) is 0 Å². The summed E-state index contributed by atoms with van der Waals surface area (Å²) >= 11 is 7.84. The number of benzene rings is 4. The summed E-state index contributed by atoms with van der Waals surface area (Å²) in [5, 5.41) is 13.0. The molecule has 0 aliphatic heterocycles. The molecule has 44 heavy (non-hydrogen) atoms. The van der Waals surface area contributed by atoms with E-state index < -0.39 is 18.9 Å². The number of hydrogen-bond donors (Lipinski definition) is 0. The third-order valence-corrected chi connectivity index (χ3v) is 35.1. The van der Waals surface area contributed by atoms with Gasteiger partial charge in [-0.3, -0.25) is 0 Å². The molecule has 0 amide bonds. The Kier molecular flexibility index (Phi) is 9.41. The molecule has 0 heterocycles. The van der Waals surface area contributed by atoms with Crippen LogP contribution in [0.4, 0.5) is 0 Å². The monoisotopic (exact) mass is 772 g/mol. The van der Waals surface area contributed by atoms with E-state index in [0.717, 1.165) is 0 Å². The number of rotatable bonds is 9. The second-order valence-electron chi connectivity index (χ2n) is 14.7. The minimum absolute atomic E-state index is 0.543. The summed E-state index contributed by atoms with van der Waals surface area (Å²) in [6.45, 7) is 24.7. The minimum atomic E-state index is -1.54. The van der Waals surface area contributed by atoms with Gasteiger partial charge in [-0.05, 0) is 0 Å². The van der Waals surface area contributed by atoms with Crippen molar-refractivity contribution in [1.29, 1.82) is 0 Å². The quantitative estimate of drug-likeness (QED) is 0.118. The standard InChI is InChI=1S/C39H51P3Se2/c1-23(2)40(32-19-15-28-11-13-30-17-21-34(38(32)36(28)30)41(43,24(3)4)25(5)6)33-20-16-29-12-14-31-18-22-35(39(33)37(29)31)42(44,26(7)8)27(9)10/h15-27H,11-14H2,1-10H3. The first-order valence-corrected chi connectivity index (χ1v) is 26.6. The van der Waals surface area contributed by atoms with Gasteiger partial charge in [-0.1, -0.05) is 0 Å². The summed E-state index contributed by atoms with van der Waals surface area (Å²) in [4.78, 5) is 0. The molecule has 0 fully saturated rings. The molecule has 234 valence electrons. The van der Waals surface area contributed by atoms with Crippen molar-refractivity contribution >= 4 is 91.9 Å². The molecule has 0 bridgehead atoms. The van der Waals surface area contributed by atoms with E-state index in [0.29, 0.717) is 28.3 Å². The molecule has 0 saturated carbocycles. The zero-order chi connectivity index (χ0) is 31.9. The van der Waals surface area contributed by atoms with E-state index in [1.807, 2.05) is 0 Å². The predicted octanol–water partition coefficient (Wildman–Crippen LogP) is 9.12. The van der Waals surface area contributed by atoms with Gasteiger partial charge >= 0.3 is 286 Å². The number of hydrogen-bond acceptors (Lipinski definition) is 0. The molecule has 0 spiro atoms. The maximum absolute atomic E-state index is 3.92. The molecule has 0 N–H and O–H groups in total. The Bertz CT molecular complexity index is 1700. The number of aryl methyl sites for hydroxylation is 4. The van der Waals surface area contributed by atoms with Crippen molar-refractivity contribution in [3.05, 3.63) is 70.8 Å². The third-order valence-electron chi connectivity index (χ3n) is 10.8. The van der Waals surface area contributed by atoms with E-state index in [1.165, 1.54) is 25.7 Å². The topological polar surface area (TPSA) is 0 Å². The summed E-state index contributed by atoms with van der Waals surface area (Å²) in [5.41, 5.74) is 6.21. The second kappa shape index (κ2) is 12.3. The predicted molar refractivity (Wildman–Crippen MR) is 209 cm³/mol. The first-order valence-electron chi connectivity index (χ1n) is 16.9. The van der Waals surface area contributed by atoms with Crippen LogP contribution >= 0.6 is 18.9 Å². The van der Waals surface area contributed by atoms with Gasteiger partial charge in [0.1, 0.15) is 0 Å². The maximum atomic E-state index is 3.92. The Labute approximate surface area is 284 Å². The Morgan fingerprint density at radius 3 is 1.02 bits per heavy atom. The van der Waals surface area contributed by atoms with E-state index in [1.54, 1.807) is 65.0 Å². The van der Waals surface area contributed by atoms with Crippen molar-refractivity contribution in [2.75, 3.05) is 0 Å². The van der Waals surface area contributed by atoms with Crippen molar-refractivity contribution in [2.24, 2.45) is 0 Å². The zero-order valence-electron chi connectivity index (χ0n) is 28.5. The first kappa shape index (κ1) is 33.6. The normalized spacial score (nSPS) is 15.2. The van der Waals surface area contributed by atoms with Crippen LogP contribution in [-0.4, -0.2) is 58.5 Å². The van der Waals surface area contributed by atoms with Gasteiger partial charge < -0.3 is 0 Å². The van der Waals surface area contributed by atoms with Crippen LogP contribution in [0.5, 0.6) is 0 Å². The van der Waals surface area contributed by atoms with Crippen molar-refractivity contribution in [2.45, 2.75) is 123 Å². The first-order chi connectivity index (χ1) is 20.7. The van der Waals surface area contributed by atoms with Gasteiger partial charge in [0.25, 0.3) is 0 Å². The molecule has 4 aromatic rings. The Hall–Kier alpha value is -0.271. The van der Waals surface area contributed by atoms with Crippen molar-refractivity contribution in [3.8, 4) is 0 Å². The van der Waals surface area contributed by atoms with Gasteiger partial charge in [-0.2, -0.15) is 0 Å². The van der Waals surface area contributed by atoms with Gasteiger partial charge in [0.2, 0.25) is 0 Å². The average molecular weight is 771 g/mol. The molecule has 0 nitrogen and oxygen atoms in total. The van der Waals surface area contributed by atoms with Crippen LogP contribution in [0, 0.1) is 0 Å². The third kappa shape index (κ3) is 4.99. The van der Waals surface area contributed by atoms with Gasteiger partial charge in [0.05, 0.1) is 0 Å². The zero-order valence-corrected chi connectivity index (χ0v) is 34.6. The summed E-state index contributed by atoms with van der Waals surface area (Å²) in [6.07, 6.45) is 4.74. The van der Waals surface area contributed by atoms with Crippen LogP contribution in [0.15, 0.2) is 48.5 Å². The van der Waals surface area contributed by atoms with E-state index in [2.05, 4.69) is 148 Å². The molecule has 0 atom stereocenters. The average Bonchev–Trinajstić information content (AvgIpc) is 3.59. The Morgan fingerprint density at radius 1 is 0.455 bits per heavy atom. The summed E-state index contributed by atoms with van der Waals surface area (Å²) in [6, 6.07) is 20.4. The molecule has 6 rings (SSSR count). The van der Waals surface area contributed by atoms with E-state index >= 15 is 0 Å². The SMILES string of the molecule is CC(C)P(c1ccc2c3c(ccc(P(=[Se])(C(C)C)C(C)C)c13)CC2)c1ccc2c3c(ccc(P(=[Se])(C(C)C)C(C)C)c13)CC2. The van der Waals surface area contributed by atoms with Crippen molar-refractivity contribution in [1.82, 2.24) is 0 Å². The molecule has 0 radical (unpaired) electrons. The fraction of sp³-hybridized carbons (Fsp3) is 0.487. The Balaban J connectivity index is 1.76. The summed E-state index contributed by atoms with van der Waals surface area (Å²) in [7, 11) is -0.600. The van der Waals surface area contributed by atoms with Crippen LogP contribution in [0.3, 0.4) is 0 Å². The van der Waals surface area contributed by atoms with Crippen LogP contribution in [0.25, 0.3) is 21.5 Å². The summed E-state index contributed by atoms with van der Waals surface area (Å²) in [5.74, 6) is 0. The molecule has 2 aliphatic carbocycles. The molecule has 5 heteroatoms. The van der Waals surface area contributed by atoms with Crippen LogP contribution in [0.1, 0.15) is 91.5 Å². The van der Waals surface area contributed by atoms with Gasteiger partial charge in [0, 0.05) is 0 Å². The van der Waals surface area contributed by atoms with E-state index in [9.17, 15) is 0 Å². The van der Waals surface area contributed by atoms with E-state index in [4.69, 9.17) is 0 Å². The fourth-order valence-corrected chi connectivity index (χ4v) is 19.8. The molecule has 4 aromatic carbocycles.